The number of likely N-dealkylation sites (tertiary alicyclic amines) is 1. The van der Waals surface area contributed by atoms with E-state index in [1.165, 1.54) is 5.56 Å². The zero-order chi connectivity index (χ0) is 17.6. The van der Waals surface area contributed by atoms with E-state index in [-0.39, 0.29) is 6.61 Å². The summed E-state index contributed by atoms with van der Waals surface area (Å²) < 4.78 is 7.50. The Kier molecular flexibility index (Phi) is 5.69. The lowest BCUT2D eigenvalue weighted by Gasteiger charge is -2.26. The maximum atomic E-state index is 10.3. The number of hydrogen-bond acceptors (Lipinski definition) is 5. The monoisotopic (exact) mass is 340 g/mol. The number of β-amino-alcohol motifs (C(OH)–C–C–N with tert-alkyl or cyclic N) is 1. The number of aliphatic hydroxyl groups is 1. The molecule has 1 aliphatic rings. The van der Waals surface area contributed by atoms with Crippen LogP contribution in [-0.2, 0) is 13.5 Å². The van der Waals surface area contributed by atoms with Crippen molar-refractivity contribution < 1.29 is 9.84 Å². The SMILES string of the molecule is Cn1cc([C@H]2CCCN2C[C@@H](O)COc2ccc(CC#N)cc2)cn1. The first-order valence-corrected chi connectivity index (χ1v) is 8.65. The molecule has 6 heteroatoms. The Morgan fingerprint density at radius 1 is 1.40 bits per heavy atom. The van der Waals surface area contributed by atoms with Gasteiger partial charge in [0.2, 0.25) is 0 Å². The van der Waals surface area contributed by atoms with Crippen LogP contribution < -0.4 is 4.74 Å². The Morgan fingerprint density at radius 3 is 2.88 bits per heavy atom. The number of benzene rings is 1. The summed E-state index contributed by atoms with van der Waals surface area (Å²) in [7, 11) is 1.92. The Labute approximate surface area is 148 Å². The maximum absolute atomic E-state index is 10.3. The van der Waals surface area contributed by atoms with Gasteiger partial charge in [-0.2, -0.15) is 10.4 Å². The fraction of sp³-hybridized carbons (Fsp3) is 0.474. The molecule has 2 aromatic rings. The van der Waals surface area contributed by atoms with E-state index in [1.54, 1.807) is 0 Å². The van der Waals surface area contributed by atoms with Crippen molar-refractivity contribution in [2.45, 2.75) is 31.4 Å². The molecule has 0 saturated carbocycles. The van der Waals surface area contributed by atoms with E-state index in [4.69, 9.17) is 10.00 Å². The molecule has 1 saturated heterocycles. The fourth-order valence-corrected chi connectivity index (χ4v) is 3.35. The highest BCUT2D eigenvalue weighted by molar-refractivity contribution is 5.28. The normalized spacial score (nSPS) is 18.8. The van der Waals surface area contributed by atoms with Crippen LogP contribution in [0.3, 0.4) is 0 Å². The van der Waals surface area contributed by atoms with Crippen LogP contribution in [0.5, 0.6) is 5.75 Å². The van der Waals surface area contributed by atoms with Crippen molar-refractivity contribution in [3.8, 4) is 11.8 Å². The van der Waals surface area contributed by atoms with E-state index < -0.39 is 6.10 Å². The first kappa shape index (κ1) is 17.5. The highest BCUT2D eigenvalue weighted by Gasteiger charge is 2.28. The van der Waals surface area contributed by atoms with Crippen molar-refractivity contribution in [3.05, 3.63) is 47.8 Å². The predicted octanol–water partition coefficient (Wildman–Crippen LogP) is 2.06. The molecule has 1 aromatic heterocycles. The van der Waals surface area contributed by atoms with E-state index in [0.29, 0.717) is 24.8 Å². The van der Waals surface area contributed by atoms with Crippen LogP contribution in [0.4, 0.5) is 0 Å². The summed E-state index contributed by atoms with van der Waals surface area (Å²) in [6.45, 7) is 1.83. The van der Waals surface area contributed by atoms with Gasteiger partial charge in [-0.05, 0) is 37.1 Å². The minimum Gasteiger partial charge on any atom is -0.491 e. The van der Waals surface area contributed by atoms with Gasteiger partial charge in [0, 0.05) is 31.4 Å². The third-order valence-corrected chi connectivity index (χ3v) is 4.57. The largest absolute Gasteiger partial charge is 0.491 e. The second-order valence-corrected chi connectivity index (χ2v) is 6.54. The van der Waals surface area contributed by atoms with Gasteiger partial charge in [0.15, 0.2) is 0 Å². The second-order valence-electron chi connectivity index (χ2n) is 6.54. The molecule has 6 nitrogen and oxygen atoms in total. The van der Waals surface area contributed by atoms with Gasteiger partial charge in [-0.1, -0.05) is 12.1 Å². The molecule has 1 aromatic carbocycles. The van der Waals surface area contributed by atoms with Gasteiger partial charge in [-0.3, -0.25) is 9.58 Å². The average Bonchev–Trinajstić information content (AvgIpc) is 3.23. The average molecular weight is 340 g/mol. The van der Waals surface area contributed by atoms with Crippen LogP contribution in [0.2, 0.25) is 0 Å². The molecule has 3 rings (SSSR count). The number of nitrogens with zero attached hydrogens (tertiary/aromatic N) is 4. The maximum Gasteiger partial charge on any atom is 0.119 e. The molecule has 0 radical (unpaired) electrons. The highest BCUT2D eigenvalue weighted by atomic mass is 16.5. The number of aromatic nitrogens is 2. The highest BCUT2D eigenvalue weighted by Crippen LogP contribution is 2.31. The van der Waals surface area contributed by atoms with E-state index in [2.05, 4.69) is 22.3 Å². The van der Waals surface area contributed by atoms with Gasteiger partial charge in [-0.25, -0.2) is 0 Å². The zero-order valence-corrected chi connectivity index (χ0v) is 14.5. The van der Waals surface area contributed by atoms with Crippen LogP contribution in [0.1, 0.15) is 30.0 Å². The summed E-state index contributed by atoms with van der Waals surface area (Å²) in [6.07, 6.45) is 6.04. The standard InChI is InChI=1S/C19H24N4O2/c1-22-12-16(11-21-22)19-3-2-10-23(19)13-17(24)14-25-18-6-4-15(5-7-18)8-9-20/h4-7,11-12,17,19,24H,2-3,8,10,13-14H2,1H3/t17-,19-/m1/s1. The topological polar surface area (TPSA) is 74.3 Å². The van der Waals surface area contributed by atoms with Crippen LogP contribution in [0, 0.1) is 11.3 Å². The van der Waals surface area contributed by atoms with Crippen LogP contribution in [0.25, 0.3) is 0 Å². The van der Waals surface area contributed by atoms with Gasteiger partial charge < -0.3 is 9.84 Å². The van der Waals surface area contributed by atoms with Crippen molar-refractivity contribution in [2.24, 2.45) is 7.05 Å². The summed E-state index contributed by atoms with van der Waals surface area (Å²) in [4.78, 5) is 2.31. The smallest absolute Gasteiger partial charge is 0.119 e. The van der Waals surface area contributed by atoms with Crippen molar-refractivity contribution in [3.63, 3.8) is 0 Å². The molecule has 25 heavy (non-hydrogen) atoms. The lowest BCUT2D eigenvalue weighted by Crippen LogP contribution is -2.35. The number of rotatable bonds is 7. The van der Waals surface area contributed by atoms with Crippen molar-refractivity contribution >= 4 is 0 Å². The fourth-order valence-electron chi connectivity index (χ4n) is 3.35. The first-order valence-electron chi connectivity index (χ1n) is 8.65. The minimum atomic E-state index is -0.545. The van der Waals surface area contributed by atoms with E-state index in [1.807, 2.05) is 42.2 Å². The summed E-state index contributed by atoms with van der Waals surface area (Å²) in [5, 5.41) is 23.3. The van der Waals surface area contributed by atoms with Gasteiger partial charge in [0.25, 0.3) is 0 Å². The Morgan fingerprint density at radius 2 is 2.20 bits per heavy atom. The van der Waals surface area contributed by atoms with E-state index >= 15 is 0 Å². The number of aryl methyl sites for hydroxylation is 1. The number of ether oxygens (including phenoxy) is 1. The molecule has 0 unspecified atom stereocenters. The van der Waals surface area contributed by atoms with Crippen LogP contribution >= 0.6 is 0 Å². The second kappa shape index (κ2) is 8.15. The molecule has 1 fully saturated rings. The lowest BCUT2D eigenvalue weighted by molar-refractivity contribution is 0.0638. The van der Waals surface area contributed by atoms with E-state index in [0.717, 1.165) is 24.9 Å². The molecule has 0 bridgehead atoms. The molecular weight excluding hydrogens is 316 g/mol. The molecule has 1 aliphatic heterocycles. The van der Waals surface area contributed by atoms with Crippen molar-refractivity contribution in [1.29, 1.82) is 5.26 Å². The molecule has 2 atom stereocenters. The summed E-state index contributed by atoms with van der Waals surface area (Å²) >= 11 is 0. The molecule has 0 amide bonds. The first-order chi connectivity index (χ1) is 12.2. The minimum absolute atomic E-state index is 0.258. The molecule has 132 valence electrons. The van der Waals surface area contributed by atoms with Crippen LogP contribution in [0.15, 0.2) is 36.7 Å². The van der Waals surface area contributed by atoms with Gasteiger partial charge >= 0.3 is 0 Å². The predicted molar refractivity (Wildman–Crippen MR) is 94.0 cm³/mol. The van der Waals surface area contributed by atoms with Crippen LogP contribution in [-0.4, -0.2) is 45.6 Å². The quantitative estimate of drug-likeness (QED) is 0.835. The zero-order valence-electron chi connectivity index (χ0n) is 14.5. The molecular formula is C19H24N4O2. The molecule has 0 spiro atoms. The van der Waals surface area contributed by atoms with Gasteiger partial charge in [0.1, 0.15) is 18.5 Å². The summed E-state index contributed by atoms with van der Waals surface area (Å²) in [5.41, 5.74) is 2.17. The summed E-state index contributed by atoms with van der Waals surface area (Å²) in [5.74, 6) is 0.714. The number of hydrogen-bond donors (Lipinski definition) is 1. The lowest BCUT2D eigenvalue weighted by atomic mass is 10.1. The third kappa shape index (κ3) is 4.59. The van der Waals surface area contributed by atoms with Crippen molar-refractivity contribution in [2.75, 3.05) is 19.7 Å². The number of aliphatic hydroxyl groups excluding tert-OH is 1. The molecule has 0 aliphatic carbocycles. The Hall–Kier alpha value is -2.36. The molecule has 2 heterocycles. The van der Waals surface area contributed by atoms with E-state index in [9.17, 15) is 5.11 Å². The third-order valence-electron chi connectivity index (χ3n) is 4.57. The van der Waals surface area contributed by atoms with Gasteiger partial charge in [0.05, 0.1) is 18.7 Å². The van der Waals surface area contributed by atoms with Crippen molar-refractivity contribution in [1.82, 2.24) is 14.7 Å². The molecule has 1 N–H and O–H groups in total. The van der Waals surface area contributed by atoms with Gasteiger partial charge in [-0.15, -0.1) is 0 Å². The summed E-state index contributed by atoms with van der Waals surface area (Å²) in [6, 6.07) is 9.89. The Bertz CT molecular complexity index is 720. The Balaban J connectivity index is 1.50. The number of nitriles is 1.